The van der Waals surface area contributed by atoms with Crippen LogP contribution >= 0.6 is 0 Å². The van der Waals surface area contributed by atoms with Gasteiger partial charge in [0.2, 0.25) is 10.0 Å². The van der Waals surface area contributed by atoms with E-state index in [1.807, 2.05) is 6.92 Å². The van der Waals surface area contributed by atoms with Crippen LogP contribution in [-0.4, -0.2) is 49.9 Å². The molecule has 1 saturated heterocycles. The second-order valence-electron chi connectivity index (χ2n) is 6.64. The zero-order chi connectivity index (χ0) is 20.3. The van der Waals surface area contributed by atoms with Crippen molar-refractivity contribution in [2.24, 2.45) is 5.73 Å². The van der Waals surface area contributed by atoms with E-state index in [1.54, 1.807) is 24.3 Å². The summed E-state index contributed by atoms with van der Waals surface area (Å²) >= 11 is 0. The molecule has 1 aromatic carbocycles. The number of ether oxygens (including phenoxy) is 2. The van der Waals surface area contributed by atoms with Gasteiger partial charge in [-0.1, -0.05) is 6.07 Å². The number of nitrogens with two attached hydrogens (primary N) is 1. The Morgan fingerprint density at radius 1 is 1.29 bits per heavy atom. The SMILES string of the molecule is COc1ccc(C)cc1S(=O)(=O)N1CCCC(Oc2ccnc(C(N)=O)c2)C1. The molecule has 1 fully saturated rings. The third-order valence-electron chi connectivity index (χ3n) is 4.56. The average molecular weight is 405 g/mol. The number of aryl methyl sites for hydroxylation is 1. The van der Waals surface area contributed by atoms with E-state index in [9.17, 15) is 13.2 Å². The second kappa shape index (κ2) is 8.15. The molecule has 8 nitrogen and oxygen atoms in total. The van der Waals surface area contributed by atoms with Gasteiger partial charge in [-0.25, -0.2) is 8.42 Å². The predicted octanol–water partition coefficient (Wildman–Crippen LogP) is 1.73. The Morgan fingerprint density at radius 2 is 2.07 bits per heavy atom. The van der Waals surface area contributed by atoms with Gasteiger partial charge in [0, 0.05) is 18.8 Å². The molecule has 1 unspecified atom stereocenters. The summed E-state index contributed by atoms with van der Waals surface area (Å²) in [5, 5.41) is 0. The molecule has 1 atom stereocenters. The Labute approximate surface area is 164 Å². The molecule has 0 aliphatic carbocycles. The molecule has 0 bridgehead atoms. The standard InChI is InChI=1S/C19H23N3O5S/c1-13-5-6-17(26-2)18(10-13)28(24,25)22-9-3-4-15(12-22)27-14-7-8-21-16(11-14)19(20)23/h5-8,10-11,15H,3-4,9,12H2,1-2H3,(H2,20,23). The molecule has 0 saturated carbocycles. The summed E-state index contributed by atoms with van der Waals surface area (Å²) in [6.07, 6.45) is 2.45. The molecule has 3 rings (SSSR count). The summed E-state index contributed by atoms with van der Waals surface area (Å²) in [6, 6.07) is 8.14. The van der Waals surface area contributed by atoms with Gasteiger partial charge in [0.15, 0.2) is 0 Å². The van der Waals surface area contributed by atoms with Crippen molar-refractivity contribution in [1.29, 1.82) is 0 Å². The maximum Gasteiger partial charge on any atom is 0.267 e. The van der Waals surface area contributed by atoms with Crippen LogP contribution in [0.4, 0.5) is 0 Å². The largest absolute Gasteiger partial charge is 0.495 e. The lowest BCUT2D eigenvalue weighted by Gasteiger charge is -2.32. The Balaban J connectivity index is 1.80. The quantitative estimate of drug-likeness (QED) is 0.783. The normalized spacial score (nSPS) is 17.9. The van der Waals surface area contributed by atoms with Gasteiger partial charge in [-0.05, 0) is 43.5 Å². The molecule has 0 spiro atoms. The van der Waals surface area contributed by atoms with E-state index in [0.29, 0.717) is 30.9 Å². The number of nitrogens with zero attached hydrogens (tertiary/aromatic N) is 2. The molecule has 2 N–H and O–H groups in total. The van der Waals surface area contributed by atoms with Crippen molar-refractivity contribution in [1.82, 2.24) is 9.29 Å². The minimum Gasteiger partial charge on any atom is -0.495 e. The first-order valence-electron chi connectivity index (χ1n) is 8.88. The number of sulfonamides is 1. The molecular weight excluding hydrogens is 382 g/mol. The van der Waals surface area contributed by atoms with Crippen molar-refractivity contribution in [3.63, 3.8) is 0 Å². The Morgan fingerprint density at radius 3 is 2.79 bits per heavy atom. The number of methoxy groups -OCH3 is 1. The van der Waals surface area contributed by atoms with Crippen molar-refractivity contribution in [2.45, 2.75) is 30.8 Å². The maximum atomic E-state index is 13.2. The molecular formula is C19H23N3O5S. The van der Waals surface area contributed by atoms with Gasteiger partial charge in [0.1, 0.15) is 28.2 Å². The third kappa shape index (κ3) is 4.26. The van der Waals surface area contributed by atoms with Crippen molar-refractivity contribution in [3.05, 3.63) is 47.8 Å². The number of carbonyl (C=O) groups is 1. The number of rotatable bonds is 6. The highest BCUT2D eigenvalue weighted by atomic mass is 32.2. The number of benzene rings is 1. The van der Waals surface area contributed by atoms with E-state index in [2.05, 4.69) is 4.98 Å². The lowest BCUT2D eigenvalue weighted by molar-refractivity contribution is 0.0993. The van der Waals surface area contributed by atoms with E-state index in [0.717, 1.165) is 5.56 Å². The van der Waals surface area contributed by atoms with E-state index in [1.165, 1.54) is 23.7 Å². The first-order valence-corrected chi connectivity index (χ1v) is 10.3. The number of carbonyl (C=O) groups excluding carboxylic acids is 1. The van der Waals surface area contributed by atoms with Crippen LogP contribution < -0.4 is 15.2 Å². The Bertz CT molecular complexity index is 977. The van der Waals surface area contributed by atoms with Gasteiger partial charge in [-0.2, -0.15) is 4.31 Å². The highest BCUT2D eigenvalue weighted by Gasteiger charge is 2.33. The number of hydrogen-bond acceptors (Lipinski definition) is 6. The van der Waals surface area contributed by atoms with Gasteiger partial charge in [-0.15, -0.1) is 0 Å². The number of primary amides is 1. The highest BCUT2D eigenvalue weighted by Crippen LogP contribution is 2.30. The molecule has 1 aliphatic heterocycles. The van der Waals surface area contributed by atoms with E-state index in [-0.39, 0.29) is 23.2 Å². The van der Waals surface area contributed by atoms with Gasteiger partial charge >= 0.3 is 0 Å². The molecule has 1 aromatic heterocycles. The Kier molecular flexibility index (Phi) is 5.85. The average Bonchev–Trinajstić information content (AvgIpc) is 2.68. The van der Waals surface area contributed by atoms with Crippen LogP contribution in [0.15, 0.2) is 41.4 Å². The highest BCUT2D eigenvalue weighted by molar-refractivity contribution is 7.89. The number of pyridine rings is 1. The van der Waals surface area contributed by atoms with Crippen molar-refractivity contribution in [2.75, 3.05) is 20.2 Å². The summed E-state index contributed by atoms with van der Waals surface area (Å²) in [4.78, 5) is 15.3. The molecule has 0 radical (unpaired) electrons. The lowest BCUT2D eigenvalue weighted by Crippen LogP contribution is -2.44. The van der Waals surface area contributed by atoms with Crippen LogP contribution in [-0.2, 0) is 10.0 Å². The topological polar surface area (TPSA) is 112 Å². The van der Waals surface area contributed by atoms with Crippen LogP contribution in [0.1, 0.15) is 28.9 Å². The van der Waals surface area contributed by atoms with Gasteiger partial charge in [0.25, 0.3) is 5.91 Å². The van der Waals surface area contributed by atoms with Gasteiger partial charge < -0.3 is 15.2 Å². The molecule has 1 aliphatic rings. The smallest absolute Gasteiger partial charge is 0.267 e. The molecule has 1 amide bonds. The summed E-state index contributed by atoms with van der Waals surface area (Å²) in [5.74, 6) is 0.0971. The van der Waals surface area contributed by atoms with Crippen LogP contribution in [0.5, 0.6) is 11.5 Å². The second-order valence-corrected chi connectivity index (χ2v) is 8.55. The van der Waals surface area contributed by atoms with E-state index < -0.39 is 15.9 Å². The fraction of sp³-hybridized carbons (Fsp3) is 0.368. The van der Waals surface area contributed by atoms with Crippen molar-refractivity contribution < 1.29 is 22.7 Å². The first kappa shape index (κ1) is 20.1. The van der Waals surface area contributed by atoms with Crippen LogP contribution in [0.25, 0.3) is 0 Å². The summed E-state index contributed by atoms with van der Waals surface area (Å²) in [5.41, 5.74) is 6.18. The molecule has 28 heavy (non-hydrogen) atoms. The number of hydrogen-bond donors (Lipinski definition) is 1. The molecule has 9 heteroatoms. The maximum absolute atomic E-state index is 13.2. The van der Waals surface area contributed by atoms with Gasteiger partial charge in [0.05, 0.1) is 13.7 Å². The lowest BCUT2D eigenvalue weighted by atomic mass is 10.1. The fourth-order valence-electron chi connectivity index (χ4n) is 3.16. The summed E-state index contributed by atoms with van der Waals surface area (Å²) < 4.78 is 38.9. The third-order valence-corrected chi connectivity index (χ3v) is 6.45. The Hall–Kier alpha value is -2.65. The number of piperidine rings is 1. The van der Waals surface area contributed by atoms with Crippen molar-refractivity contribution >= 4 is 15.9 Å². The first-order chi connectivity index (χ1) is 13.3. The van der Waals surface area contributed by atoms with Crippen molar-refractivity contribution in [3.8, 4) is 11.5 Å². The minimum absolute atomic E-state index is 0.0993. The molecule has 2 aromatic rings. The van der Waals surface area contributed by atoms with E-state index in [4.69, 9.17) is 15.2 Å². The van der Waals surface area contributed by atoms with Crippen LogP contribution in [0.3, 0.4) is 0 Å². The number of aromatic nitrogens is 1. The van der Waals surface area contributed by atoms with Crippen LogP contribution in [0, 0.1) is 6.92 Å². The summed E-state index contributed by atoms with van der Waals surface area (Å²) in [6.45, 7) is 2.44. The monoisotopic (exact) mass is 405 g/mol. The number of amides is 1. The van der Waals surface area contributed by atoms with Crippen LogP contribution in [0.2, 0.25) is 0 Å². The zero-order valence-electron chi connectivity index (χ0n) is 15.8. The summed E-state index contributed by atoms with van der Waals surface area (Å²) in [7, 11) is -2.28. The molecule has 150 valence electrons. The minimum atomic E-state index is -3.73. The van der Waals surface area contributed by atoms with E-state index >= 15 is 0 Å². The fourth-order valence-corrected chi connectivity index (χ4v) is 4.91. The zero-order valence-corrected chi connectivity index (χ0v) is 16.6. The molecule has 2 heterocycles. The van der Waals surface area contributed by atoms with Gasteiger partial charge in [-0.3, -0.25) is 9.78 Å². The predicted molar refractivity (Wildman–Crippen MR) is 103 cm³/mol.